The summed E-state index contributed by atoms with van der Waals surface area (Å²) in [7, 11) is 0. The van der Waals surface area contributed by atoms with Gasteiger partial charge in [0.25, 0.3) is 0 Å². The maximum atomic E-state index is 10.3. The maximum Gasteiger partial charge on any atom is 0.128 e. The van der Waals surface area contributed by atoms with Gasteiger partial charge in [0, 0.05) is 38.9 Å². The van der Waals surface area contributed by atoms with Gasteiger partial charge in [-0.15, -0.1) is 0 Å². The third kappa shape index (κ3) is 5.87. The van der Waals surface area contributed by atoms with E-state index in [0.717, 1.165) is 44.2 Å². The number of ether oxygens (including phenoxy) is 1. The molecule has 2 heterocycles. The number of aliphatic hydroxyl groups excluding tert-OH is 1. The molecule has 3 rings (SSSR count). The number of benzene rings is 1. The largest absolute Gasteiger partial charge is 1.00 e. The van der Waals surface area contributed by atoms with Crippen molar-refractivity contribution in [3.05, 3.63) is 54.2 Å². The number of β-amino-alcohol motifs (C(OH)–C–C–N with tert-alkyl or cyclic N) is 1. The molecule has 0 radical (unpaired) electrons. The lowest BCUT2D eigenvalue weighted by Gasteiger charge is -2.36. The molecule has 1 aromatic carbocycles. The minimum atomic E-state index is -0.479. The van der Waals surface area contributed by atoms with Gasteiger partial charge in [-0.1, -0.05) is 25.1 Å². The van der Waals surface area contributed by atoms with Crippen molar-refractivity contribution in [2.75, 3.05) is 44.2 Å². The average Bonchev–Trinajstić information content (AvgIpc) is 2.68. The van der Waals surface area contributed by atoms with Crippen molar-refractivity contribution >= 4 is 5.82 Å². The Morgan fingerprint density at radius 2 is 1.81 bits per heavy atom. The normalized spacial score (nSPS) is 16.0. The molecule has 0 spiro atoms. The molecule has 1 aliphatic rings. The monoisotopic (exact) mass is 376 g/mol. The Morgan fingerprint density at radius 1 is 1.08 bits per heavy atom. The van der Waals surface area contributed by atoms with Crippen LogP contribution in [0.5, 0.6) is 5.75 Å². The number of halogens is 1. The fraction of sp³-hybridized carbons (Fsp3) is 0.450. The van der Waals surface area contributed by atoms with Crippen LogP contribution in [0.4, 0.5) is 5.82 Å². The van der Waals surface area contributed by atoms with Crippen molar-refractivity contribution in [3.8, 4) is 5.75 Å². The van der Waals surface area contributed by atoms with E-state index in [0.29, 0.717) is 13.2 Å². The molecule has 0 bridgehead atoms. The van der Waals surface area contributed by atoms with Gasteiger partial charge in [0.15, 0.2) is 0 Å². The van der Waals surface area contributed by atoms with Crippen molar-refractivity contribution in [1.29, 1.82) is 0 Å². The van der Waals surface area contributed by atoms with E-state index in [-0.39, 0.29) is 12.4 Å². The summed E-state index contributed by atoms with van der Waals surface area (Å²) in [5, 5.41) is 10.3. The highest BCUT2D eigenvalue weighted by atomic mass is 35.5. The zero-order valence-electron chi connectivity index (χ0n) is 15.2. The van der Waals surface area contributed by atoms with Crippen LogP contribution in [-0.2, 0) is 6.42 Å². The van der Waals surface area contributed by atoms with Gasteiger partial charge in [-0.3, -0.25) is 4.90 Å². The summed E-state index contributed by atoms with van der Waals surface area (Å²) in [4.78, 5) is 8.97. The summed E-state index contributed by atoms with van der Waals surface area (Å²) >= 11 is 0. The molecule has 1 atom stereocenters. The predicted molar refractivity (Wildman–Crippen MR) is 100 cm³/mol. The fourth-order valence-corrected chi connectivity index (χ4v) is 3.06. The van der Waals surface area contributed by atoms with E-state index in [1.165, 1.54) is 5.56 Å². The first-order valence-corrected chi connectivity index (χ1v) is 9.02. The van der Waals surface area contributed by atoms with Crippen LogP contribution in [-0.4, -0.2) is 60.4 Å². The van der Waals surface area contributed by atoms with Crippen LogP contribution in [0.1, 0.15) is 12.5 Å². The average molecular weight is 377 g/mol. The molecule has 1 fully saturated rings. The molecule has 142 valence electrons. The molecule has 1 saturated heterocycles. The molecule has 5 nitrogen and oxygen atoms in total. The summed E-state index contributed by atoms with van der Waals surface area (Å²) in [6, 6.07) is 14.1. The van der Waals surface area contributed by atoms with Gasteiger partial charge in [0.05, 0.1) is 0 Å². The third-order valence-electron chi connectivity index (χ3n) is 4.59. The number of rotatable bonds is 7. The number of aliphatic hydroxyl groups is 1. The second-order valence-corrected chi connectivity index (χ2v) is 6.44. The lowest BCUT2D eigenvalue weighted by atomic mass is 10.2. The zero-order valence-corrected chi connectivity index (χ0v) is 16.0. The van der Waals surface area contributed by atoms with Crippen molar-refractivity contribution in [1.82, 2.24) is 9.88 Å². The number of pyridine rings is 1. The van der Waals surface area contributed by atoms with Gasteiger partial charge in [-0.05, 0) is 36.2 Å². The van der Waals surface area contributed by atoms with Gasteiger partial charge in [-0.2, -0.15) is 0 Å². The fourth-order valence-electron chi connectivity index (χ4n) is 3.06. The molecule has 0 amide bonds. The minimum Gasteiger partial charge on any atom is -1.00 e. The molecule has 6 heteroatoms. The second-order valence-electron chi connectivity index (χ2n) is 6.44. The topological polar surface area (TPSA) is 48.8 Å². The first-order chi connectivity index (χ1) is 12.2. The van der Waals surface area contributed by atoms with Gasteiger partial charge in [-0.25, -0.2) is 4.98 Å². The summed E-state index contributed by atoms with van der Waals surface area (Å²) in [5.74, 6) is 1.85. The quantitative estimate of drug-likeness (QED) is 0.686. The van der Waals surface area contributed by atoms with Crippen molar-refractivity contribution in [2.45, 2.75) is 19.4 Å². The second kappa shape index (κ2) is 10.4. The third-order valence-corrected chi connectivity index (χ3v) is 4.59. The van der Waals surface area contributed by atoms with Crippen LogP contribution in [0.25, 0.3) is 0 Å². The maximum absolute atomic E-state index is 10.3. The first kappa shape index (κ1) is 20.5. The Bertz CT molecular complexity index is 631. The summed E-state index contributed by atoms with van der Waals surface area (Å²) < 4.78 is 5.70. The number of hydrogen-bond donors (Lipinski definition) is 1. The summed E-state index contributed by atoms with van der Waals surface area (Å²) in [6.45, 7) is 6.83. The van der Waals surface area contributed by atoms with E-state index >= 15 is 0 Å². The van der Waals surface area contributed by atoms with E-state index in [2.05, 4.69) is 33.8 Å². The number of nitrogens with zero attached hydrogens (tertiary/aromatic N) is 3. The van der Waals surface area contributed by atoms with Crippen LogP contribution >= 0.6 is 0 Å². The van der Waals surface area contributed by atoms with Crippen molar-refractivity contribution in [2.24, 2.45) is 0 Å². The Labute approximate surface area is 162 Å². The van der Waals surface area contributed by atoms with Gasteiger partial charge in [0.2, 0.25) is 0 Å². The van der Waals surface area contributed by atoms with Gasteiger partial charge >= 0.3 is 0 Å². The molecular formula is C20H27ClN3O2-. The number of aryl methyl sites for hydroxylation is 1. The lowest BCUT2D eigenvalue weighted by Crippen LogP contribution is -3.00. The van der Waals surface area contributed by atoms with Crippen LogP contribution in [0.15, 0.2) is 48.7 Å². The summed E-state index contributed by atoms with van der Waals surface area (Å²) in [5.41, 5.74) is 1.29. The SMILES string of the molecule is CCc1ccc(OCC(O)CN2CCN(c3ccccn3)CC2)cc1.[Cl-]. The molecule has 26 heavy (non-hydrogen) atoms. The van der Waals surface area contributed by atoms with E-state index in [9.17, 15) is 5.11 Å². The van der Waals surface area contributed by atoms with Crippen molar-refractivity contribution in [3.63, 3.8) is 0 Å². The molecule has 2 aromatic rings. The Kier molecular flexibility index (Phi) is 8.16. The van der Waals surface area contributed by atoms with E-state index in [1.807, 2.05) is 36.5 Å². The Balaban J connectivity index is 0.00000243. The highest BCUT2D eigenvalue weighted by molar-refractivity contribution is 5.38. The Hall–Kier alpha value is -1.82. The molecule has 0 saturated carbocycles. The molecule has 1 unspecified atom stereocenters. The van der Waals surface area contributed by atoms with Gasteiger partial charge in [0.1, 0.15) is 24.3 Å². The molecule has 1 N–H and O–H groups in total. The molecule has 1 aromatic heterocycles. The molecule has 1 aliphatic heterocycles. The highest BCUT2D eigenvalue weighted by Crippen LogP contribution is 2.14. The molecule has 0 aliphatic carbocycles. The van der Waals surface area contributed by atoms with E-state index < -0.39 is 6.10 Å². The first-order valence-electron chi connectivity index (χ1n) is 9.02. The van der Waals surface area contributed by atoms with E-state index in [4.69, 9.17) is 4.74 Å². The van der Waals surface area contributed by atoms with Crippen LogP contribution in [0.2, 0.25) is 0 Å². The van der Waals surface area contributed by atoms with E-state index in [1.54, 1.807) is 0 Å². The standard InChI is InChI=1S/C20H27N3O2.ClH/c1-2-17-6-8-19(9-7-17)25-16-18(24)15-22-11-13-23(14-12-22)20-5-3-4-10-21-20;/h3-10,18,24H,2,11-16H2,1H3;1H/p-1. The number of anilines is 1. The predicted octanol–water partition coefficient (Wildman–Crippen LogP) is -0.790. The van der Waals surface area contributed by atoms with Crippen LogP contribution in [0, 0.1) is 0 Å². The molecular weight excluding hydrogens is 350 g/mol. The number of piperazine rings is 1. The Morgan fingerprint density at radius 3 is 2.42 bits per heavy atom. The van der Waals surface area contributed by atoms with Gasteiger partial charge < -0.3 is 27.2 Å². The smallest absolute Gasteiger partial charge is 0.128 e. The van der Waals surface area contributed by atoms with Crippen LogP contribution < -0.4 is 22.0 Å². The summed E-state index contributed by atoms with van der Waals surface area (Å²) in [6.07, 6.45) is 2.37. The zero-order chi connectivity index (χ0) is 17.5. The lowest BCUT2D eigenvalue weighted by molar-refractivity contribution is -0.00000748. The van der Waals surface area contributed by atoms with Crippen LogP contribution in [0.3, 0.4) is 0 Å². The highest BCUT2D eigenvalue weighted by Gasteiger charge is 2.20. The van der Waals surface area contributed by atoms with Crippen molar-refractivity contribution < 1.29 is 22.3 Å². The number of aromatic nitrogens is 1. The minimum absolute atomic E-state index is 0. The number of hydrogen-bond acceptors (Lipinski definition) is 5.